The third-order valence-corrected chi connectivity index (χ3v) is 5.21. The molecule has 3 rings (SSSR count). The fourth-order valence-corrected chi connectivity index (χ4v) is 4.04. The Labute approximate surface area is 158 Å². The van der Waals surface area contributed by atoms with Crippen molar-refractivity contribution in [1.29, 1.82) is 0 Å². The van der Waals surface area contributed by atoms with Crippen molar-refractivity contribution in [3.05, 3.63) is 63.9 Å². The van der Waals surface area contributed by atoms with E-state index < -0.39 is 0 Å². The van der Waals surface area contributed by atoms with E-state index >= 15 is 0 Å². The normalized spacial score (nSPS) is 11.1. The van der Waals surface area contributed by atoms with Crippen LogP contribution in [0.1, 0.15) is 39.8 Å². The summed E-state index contributed by atoms with van der Waals surface area (Å²) in [6.45, 7) is 6.75. The number of rotatable bonds is 6. The highest BCUT2D eigenvalue weighted by Crippen LogP contribution is 2.22. The Balaban J connectivity index is 1.70. The molecule has 0 saturated carbocycles. The van der Waals surface area contributed by atoms with Gasteiger partial charge in [-0.05, 0) is 25.0 Å². The van der Waals surface area contributed by atoms with E-state index in [9.17, 15) is 4.79 Å². The van der Waals surface area contributed by atoms with Gasteiger partial charge in [-0.1, -0.05) is 32.0 Å². The predicted octanol–water partition coefficient (Wildman–Crippen LogP) is 4.11. The molecule has 2 aromatic heterocycles. The Morgan fingerprint density at radius 2 is 2.00 bits per heavy atom. The van der Waals surface area contributed by atoms with Crippen molar-refractivity contribution in [1.82, 2.24) is 19.7 Å². The van der Waals surface area contributed by atoms with Gasteiger partial charge in [-0.25, -0.2) is 9.67 Å². The molecule has 0 aliphatic heterocycles. The van der Waals surface area contributed by atoms with Crippen LogP contribution in [0.4, 0.5) is 0 Å². The Hall–Kier alpha value is -2.47. The Morgan fingerprint density at radius 1 is 1.27 bits per heavy atom. The molecule has 2 heterocycles. The molecule has 0 radical (unpaired) electrons. The van der Waals surface area contributed by atoms with Crippen molar-refractivity contribution in [3.63, 3.8) is 0 Å². The van der Waals surface area contributed by atoms with Gasteiger partial charge in [0.05, 0.1) is 22.6 Å². The van der Waals surface area contributed by atoms with E-state index in [1.807, 2.05) is 55.2 Å². The average Bonchev–Trinajstić information content (AvgIpc) is 3.21. The second-order valence-corrected chi connectivity index (χ2v) is 7.99. The minimum absolute atomic E-state index is 0.0162. The van der Waals surface area contributed by atoms with Crippen LogP contribution in [0.25, 0.3) is 5.69 Å². The number of carbonyl (C=O) groups is 1. The first kappa shape index (κ1) is 18.3. The van der Waals surface area contributed by atoms with Crippen molar-refractivity contribution in [3.8, 4) is 5.69 Å². The van der Waals surface area contributed by atoms with Crippen LogP contribution in [0.15, 0.2) is 42.7 Å². The highest BCUT2D eigenvalue weighted by atomic mass is 32.1. The van der Waals surface area contributed by atoms with Crippen molar-refractivity contribution in [2.75, 3.05) is 7.05 Å². The maximum atomic E-state index is 12.8. The lowest BCUT2D eigenvalue weighted by Gasteiger charge is -2.15. The molecule has 1 amide bonds. The van der Waals surface area contributed by atoms with E-state index in [0.29, 0.717) is 12.5 Å². The zero-order valence-corrected chi connectivity index (χ0v) is 16.5. The van der Waals surface area contributed by atoms with Gasteiger partial charge in [0, 0.05) is 31.8 Å². The van der Waals surface area contributed by atoms with E-state index in [1.54, 1.807) is 11.1 Å². The zero-order valence-electron chi connectivity index (χ0n) is 15.6. The smallest absolute Gasteiger partial charge is 0.265 e. The number of thiazole rings is 1. The average molecular weight is 369 g/mol. The maximum absolute atomic E-state index is 12.8. The number of nitrogens with zero attached hydrogens (tertiary/aromatic N) is 4. The van der Waals surface area contributed by atoms with E-state index in [0.717, 1.165) is 33.3 Å². The number of aromatic nitrogens is 3. The fourth-order valence-electron chi connectivity index (χ4n) is 2.77. The second kappa shape index (κ2) is 7.83. The minimum atomic E-state index is 0.0162. The first-order valence-electron chi connectivity index (χ1n) is 8.74. The molecule has 0 bridgehead atoms. The molecule has 0 atom stereocenters. The molecule has 0 unspecified atom stereocenters. The van der Waals surface area contributed by atoms with E-state index in [1.165, 1.54) is 11.3 Å². The van der Waals surface area contributed by atoms with Crippen LogP contribution in [0.2, 0.25) is 0 Å². The highest BCUT2D eigenvalue weighted by molar-refractivity contribution is 7.13. The third kappa shape index (κ3) is 4.19. The number of aryl methyl sites for hydroxylation is 1. The molecule has 3 aromatic rings. The van der Waals surface area contributed by atoms with Crippen LogP contribution in [0, 0.1) is 12.8 Å². The maximum Gasteiger partial charge on any atom is 0.265 e. The number of hydrogen-bond acceptors (Lipinski definition) is 4. The zero-order chi connectivity index (χ0) is 18.7. The molecule has 0 aliphatic carbocycles. The number of carbonyl (C=O) groups excluding carboxylic acids is 1. The lowest BCUT2D eigenvalue weighted by atomic mass is 10.1. The van der Waals surface area contributed by atoms with Gasteiger partial charge in [-0.15, -0.1) is 11.3 Å². The summed E-state index contributed by atoms with van der Waals surface area (Å²) >= 11 is 1.51. The standard InChI is InChI=1S/C20H24N4OS/c1-14(2)10-18-22-15(3)19(26-18)20(25)23(4)12-16-11-21-24(13-16)17-8-6-5-7-9-17/h5-9,11,13-14H,10,12H2,1-4H3. The summed E-state index contributed by atoms with van der Waals surface area (Å²) in [5.74, 6) is 0.549. The van der Waals surface area contributed by atoms with E-state index in [2.05, 4.69) is 23.9 Å². The summed E-state index contributed by atoms with van der Waals surface area (Å²) in [5, 5.41) is 5.43. The quantitative estimate of drug-likeness (QED) is 0.658. The lowest BCUT2D eigenvalue weighted by molar-refractivity contribution is 0.0789. The van der Waals surface area contributed by atoms with E-state index in [4.69, 9.17) is 0 Å². The number of amides is 1. The molecule has 0 N–H and O–H groups in total. The van der Waals surface area contributed by atoms with E-state index in [-0.39, 0.29) is 5.91 Å². The highest BCUT2D eigenvalue weighted by Gasteiger charge is 2.20. The Bertz CT molecular complexity index is 882. The SMILES string of the molecule is Cc1nc(CC(C)C)sc1C(=O)N(C)Cc1cnn(-c2ccccc2)c1. The molecule has 0 aliphatic rings. The topological polar surface area (TPSA) is 51.0 Å². The van der Waals surface area contributed by atoms with Gasteiger partial charge in [0.2, 0.25) is 0 Å². The van der Waals surface area contributed by atoms with Crippen LogP contribution >= 0.6 is 11.3 Å². The molecule has 6 heteroatoms. The van der Waals surface area contributed by atoms with Crippen LogP contribution < -0.4 is 0 Å². The first-order valence-corrected chi connectivity index (χ1v) is 9.56. The Morgan fingerprint density at radius 3 is 2.69 bits per heavy atom. The van der Waals surface area contributed by atoms with Crippen molar-refractivity contribution >= 4 is 17.2 Å². The molecule has 26 heavy (non-hydrogen) atoms. The molecule has 136 valence electrons. The monoisotopic (exact) mass is 368 g/mol. The van der Waals surface area contributed by atoms with Gasteiger partial charge in [-0.2, -0.15) is 5.10 Å². The van der Waals surface area contributed by atoms with Crippen LogP contribution in [-0.4, -0.2) is 32.6 Å². The fraction of sp³-hybridized carbons (Fsp3) is 0.350. The Kier molecular flexibility index (Phi) is 5.52. The van der Waals surface area contributed by atoms with Gasteiger partial charge in [0.25, 0.3) is 5.91 Å². The van der Waals surface area contributed by atoms with Crippen LogP contribution in [-0.2, 0) is 13.0 Å². The second-order valence-electron chi connectivity index (χ2n) is 6.91. The molecule has 1 aromatic carbocycles. The summed E-state index contributed by atoms with van der Waals surface area (Å²) < 4.78 is 1.83. The lowest BCUT2D eigenvalue weighted by Crippen LogP contribution is -2.25. The van der Waals surface area contributed by atoms with Gasteiger partial charge in [0.1, 0.15) is 4.88 Å². The largest absolute Gasteiger partial charge is 0.337 e. The molecular weight excluding hydrogens is 344 g/mol. The molecular formula is C20H24N4OS. The van der Waals surface area contributed by atoms with Gasteiger partial charge in [-0.3, -0.25) is 4.79 Å². The number of hydrogen-bond donors (Lipinski definition) is 0. The van der Waals surface area contributed by atoms with Gasteiger partial charge in [0.15, 0.2) is 0 Å². The van der Waals surface area contributed by atoms with Crippen molar-refractivity contribution in [2.24, 2.45) is 5.92 Å². The predicted molar refractivity (Wildman–Crippen MR) is 105 cm³/mol. The van der Waals surface area contributed by atoms with Crippen molar-refractivity contribution < 1.29 is 4.79 Å². The summed E-state index contributed by atoms with van der Waals surface area (Å²) in [4.78, 5) is 19.8. The summed E-state index contributed by atoms with van der Waals surface area (Å²) in [6.07, 6.45) is 4.68. The number of para-hydroxylation sites is 1. The minimum Gasteiger partial charge on any atom is -0.337 e. The summed E-state index contributed by atoms with van der Waals surface area (Å²) in [6, 6.07) is 9.94. The van der Waals surface area contributed by atoms with Crippen LogP contribution in [0.3, 0.4) is 0 Å². The molecule has 0 spiro atoms. The molecule has 0 fully saturated rings. The van der Waals surface area contributed by atoms with Crippen molar-refractivity contribution in [2.45, 2.75) is 33.7 Å². The molecule has 0 saturated heterocycles. The number of benzene rings is 1. The van der Waals surface area contributed by atoms with Crippen LogP contribution in [0.5, 0.6) is 0 Å². The first-order chi connectivity index (χ1) is 12.4. The van der Waals surface area contributed by atoms with Gasteiger partial charge < -0.3 is 4.90 Å². The third-order valence-electron chi connectivity index (χ3n) is 4.04. The van der Waals surface area contributed by atoms with Gasteiger partial charge >= 0.3 is 0 Å². The summed E-state index contributed by atoms with van der Waals surface area (Å²) in [7, 11) is 1.82. The summed E-state index contributed by atoms with van der Waals surface area (Å²) in [5.41, 5.74) is 2.82. The molecule has 5 nitrogen and oxygen atoms in total.